The number of aliphatic hydroxyl groups is 1. The Hall–Kier alpha value is -0.970. The lowest BCUT2D eigenvalue weighted by Crippen LogP contribution is -1.81. The quantitative estimate of drug-likeness (QED) is 0.855. The average molecular weight is 227 g/mol. The summed E-state index contributed by atoms with van der Waals surface area (Å²) in [6.45, 7) is 0.00210. The van der Waals surface area contributed by atoms with Gasteiger partial charge in [0.05, 0.1) is 16.5 Å². The van der Waals surface area contributed by atoms with Crippen LogP contribution in [0.15, 0.2) is 24.5 Å². The number of rotatable bonds is 2. The number of hydrogen-bond acceptors (Lipinski definition) is 4. The highest BCUT2D eigenvalue weighted by Crippen LogP contribution is 2.28. The van der Waals surface area contributed by atoms with E-state index >= 15 is 0 Å². The van der Waals surface area contributed by atoms with Gasteiger partial charge in [-0.25, -0.2) is 4.98 Å². The molecule has 1 N–H and O–H groups in total. The summed E-state index contributed by atoms with van der Waals surface area (Å²) in [5.74, 6) is 0. The van der Waals surface area contributed by atoms with Gasteiger partial charge in [-0.1, -0.05) is 11.6 Å². The Bertz CT molecular complexity index is 444. The lowest BCUT2D eigenvalue weighted by molar-refractivity contribution is 0.285. The minimum Gasteiger partial charge on any atom is -0.391 e. The number of aromatic nitrogens is 2. The second kappa shape index (κ2) is 4.04. The Kier molecular flexibility index (Phi) is 2.77. The Morgan fingerprint density at radius 3 is 2.93 bits per heavy atom. The van der Waals surface area contributed by atoms with E-state index in [9.17, 15) is 0 Å². The van der Waals surface area contributed by atoms with Gasteiger partial charge in [0.1, 0.15) is 10.7 Å². The highest BCUT2D eigenvalue weighted by molar-refractivity contribution is 7.15. The van der Waals surface area contributed by atoms with Crippen molar-refractivity contribution < 1.29 is 5.11 Å². The topological polar surface area (TPSA) is 46.0 Å². The van der Waals surface area contributed by atoms with Gasteiger partial charge in [0.25, 0.3) is 0 Å². The summed E-state index contributed by atoms with van der Waals surface area (Å²) in [7, 11) is 0. The van der Waals surface area contributed by atoms with Crippen LogP contribution >= 0.6 is 22.9 Å². The number of hydrogen-bond donors (Lipinski definition) is 1. The molecular weight excluding hydrogens is 220 g/mol. The fraction of sp³-hybridized carbons (Fsp3) is 0.111. The van der Waals surface area contributed by atoms with Crippen LogP contribution in [0.25, 0.3) is 10.7 Å². The molecule has 0 aliphatic carbocycles. The molecule has 0 aliphatic heterocycles. The molecule has 0 saturated carbocycles. The second-order valence-corrected chi connectivity index (χ2v) is 4.15. The molecule has 0 amide bonds. The van der Waals surface area contributed by atoms with Gasteiger partial charge in [-0.15, -0.1) is 11.3 Å². The largest absolute Gasteiger partial charge is 0.391 e. The summed E-state index contributed by atoms with van der Waals surface area (Å²) < 4.78 is 0. The van der Waals surface area contributed by atoms with E-state index in [1.165, 1.54) is 11.3 Å². The zero-order chi connectivity index (χ0) is 9.97. The lowest BCUT2D eigenvalue weighted by atomic mass is 10.4. The molecule has 72 valence electrons. The van der Waals surface area contributed by atoms with Crippen molar-refractivity contribution in [3.8, 4) is 10.7 Å². The maximum Gasteiger partial charge on any atom is 0.143 e. The van der Waals surface area contributed by atoms with Gasteiger partial charge in [-0.05, 0) is 12.1 Å². The van der Waals surface area contributed by atoms with E-state index in [1.807, 2.05) is 0 Å². The molecule has 3 nitrogen and oxygen atoms in total. The first-order chi connectivity index (χ1) is 6.81. The van der Waals surface area contributed by atoms with Crippen LogP contribution in [0, 0.1) is 0 Å². The van der Waals surface area contributed by atoms with Crippen LogP contribution in [-0.2, 0) is 6.61 Å². The van der Waals surface area contributed by atoms with Gasteiger partial charge in [0.15, 0.2) is 0 Å². The number of pyridine rings is 1. The molecule has 0 spiro atoms. The standard InChI is InChI=1S/C9H7ClN2OS/c10-7-2-1-3-11-8(7)9-12-4-6(5-13)14-9/h1-4,13H,5H2. The van der Waals surface area contributed by atoms with Gasteiger partial charge >= 0.3 is 0 Å². The van der Waals surface area contributed by atoms with E-state index in [4.69, 9.17) is 16.7 Å². The van der Waals surface area contributed by atoms with E-state index in [2.05, 4.69) is 9.97 Å². The monoisotopic (exact) mass is 226 g/mol. The van der Waals surface area contributed by atoms with Crippen molar-refractivity contribution in [2.24, 2.45) is 0 Å². The Morgan fingerprint density at radius 1 is 1.43 bits per heavy atom. The molecule has 0 aliphatic rings. The number of nitrogens with zero attached hydrogens (tertiary/aromatic N) is 2. The summed E-state index contributed by atoms with van der Waals surface area (Å²) in [6.07, 6.45) is 3.30. The first kappa shape index (κ1) is 9.58. The van der Waals surface area contributed by atoms with Crippen LogP contribution in [0.1, 0.15) is 4.88 Å². The predicted molar refractivity (Wildman–Crippen MR) is 56.3 cm³/mol. The zero-order valence-electron chi connectivity index (χ0n) is 7.14. The van der Waals surface area contributed by atoms with Crippen molar-refractivity contribution in [2.45, 2.75) is 6.61 Å². The fourth-order valence-electron chi connectivity index (χ4n) is 1.03. The van der Waals surface area contributed by atoms with E-state index in [0.717, 1.165) is 9.88 Å². The molecule has 2 aromatic heterocycles. The summed E-state index contributed by atoms with van der Waals surface area (Å²) in [6, 6.07) is 3.54. The molecule has 0 atom stereocenters. The first-order valence-electron chi connectivity index (χ1n) is 3.97. The van der Waals surface area contributed by atoms with Gasteiger partial charge in [-0.2, -0.15) is 0 Å². The number of thiazole rings is 1. The minimum absolute atomic E-state index is 0.00210. The molecule has 14 heavy (non-hydrogen) atoms. The zero-order valence-corrected chi connectivity index (χ0v) is 8.72. The molecular formula is C9H7ClN2OS. The average Bonchev–Trinajstić information content (AvgIpc) is 2.67. The summed E-state index contributed by atoms with van der Waals surface area (Å²) >= 11 is 7.34. The molecule has 5 heteroatoms. The van der Waals surface area contributed by atoms with Crippen LogP contribution in [0.4, 0.5) is 0 Å². The second-order valence-electron chi connectivity index (χ2n) is 2.62. The third kappa shape index (κ3) is 1.77. The molecule has 2 aromatic rings. The Labute approximate surface area is 90.0 Å². The Balaban J connectivity index is 2.44. The van der Waals surface area contributed by atoms with Gasteiger partial charge in [0.2, 0.25) is 0 Å². The summed E-state index contributed by atoms with van der Waals surface area (Å²) in [5, 5.41) is 10.2. The van der Waals surface area contributed by atoms with Crippen molar-refractivity contribution >= 4 is 22.9 Å². The van der Waals surface area contributed by atoms with Crippen molar-refractivity contribution in [2.75, 3.05) is 0 Å². The van der Waals surface area contributed by atoms with Gasteiger partial charge in [-0.3, -0.25) is 4.98 Å². The van der Waals surface area contributed by atoms with Crippen LogP contribution in [0.3, 0.4) is 0 Å². The number of aliphatic hydroxyl groups excluding tert-OH is 1. The maximum atomic E-state index is 8.88. The molecule has 0 bridgehead atoms. The molecule has 0 unspecified atom stereocenters. The van der Waals surface area contributed by atoms with Crippen LogP contribution < -0.4 is 0 Å². The third-order valence-electron chi connectivity index (χ3n) is 1.67. The van der Waals surface area contributed by atoms with Crippen LogP contribution in [-0.4, -0.2) is 15.1 Å². The highest BCUT2D eigenvalue weighted by atomic mass is 35.5. The SMILES string of the molecule is OCc1cnc(-c2ncccc2Cl)s1. The van der Waals surface area contributed by atoms with Crippen molar-refractivity contribution in [3.63, 3.8) is 0 Å². The molecule has 2 heterocycles. The van der Waals surface area contributed by atoms with Crippen LogP contribution in [0.2, 0.25) is 5.02 Å². The fourth-order valence-corrected chi connectivity index (χ4v) is 2.08. The lowest BCUT2D eigenvalue weighted by Gasteiger charge is -1.96. The van der Waals surface area contributed by atoms with E-state index < -0.39 is 0 Å². The normalized spacial score (nSPS) is 10.4. The van der Waals surface area contributed by atoms with Crippen molar-refractivity contribution in [1.29, 1.82) is 0 Å². The predicted octanol–water partition coefficient (Wildman–Crippen LogP) is 2.35. The van der Waals surface area contributed by atoms with Gasteiger partial charge in [0, 0.05) is 12.4 Å². The van der Waals surface area contributed by atoms with E-state index in [-0.39, 0.29) is 6.61 Å². The minimum atomic E-state index is 0.00210. The number of halogens is 1. The molecule has 0 fully saturated rings. The highest BCUT2D eigenvalue weighted by Gasteiger charge is 2.08. The van der Waals surface area contributed by atoms with Gasteiger partial charge < -0.3 is 5.11 Å². The van der Waals surface area contributed by atoms with Crippen LogP contribution in [0.5, 0.6) is 0 Å². The molecule has 0 radical (unpaired) electrons. The van der Waals surface area contributed by atoms with Crippen molar-refractivity contribution in [3.05, 3.63) is 34.4 Å². The summed E-state index contributed by atoms with van der Waals surface area (Å²) in [5.41, 5.74) is 0.666. The first-order valence-corrected chi connectivity index (χ1v) is 5.17. The molecule has 0 aromatic carbocycles. The molecule has 2 rings (SSSR count). The Morgan fingerprint density at radius 2 is 2.29 bits per heavy atom. The summed E-state index contributed by atoms with van der Waals surface area (Å²) in [4.78, 5) is 9.07. The maximum absolute atomic E-state index is 8.88. The van der Waals surface area contributed by atoms with Crippen molar-refractivity contribution in [1.82, 2.24) is 9.97 Å². The van der Waals surface area contributed by atoms with E-state index in [1.54, 1.807) is 24.5 Å². The third-order valence-corrected chi connectivity index (χ3v) is 2.96. The smallest absolute Gasteiger partial charge is 0.143 e. The van der Waals surface area contributed by atoms with E-state index in [0.29, 0.717) is 10.7 Å². The molecule has 0 saturated heterocycles.